The van der Waals surface area contributed by atoms with E-state index in [1.807, 2.05) is 0 Å². The first kappa shape index (κ1) is 16.7. The number of hydrogen-bond donors (Lipinski definition) is 2. The summed E-state index contributed by atoms with van der Waals surface area (Å²) in [5, 5.41) is 17.1. The van der Waals surface area contributed by atoms with E-state index in [9.17, 15) is 0 Å². The molecular weight excluding hydrogens is 306 g/mol. The van der Waals surface area contributed by atoms with Crippen LogP contribution in [-0.4, -0.2) is 28.0 Å². The number of nitrogens with zero attached hydrogens (tertiary/aromatic N) is 2. The second-order valence-corrected chi connectivity index (χ2v) is 6.41. The smallest absolute Gasteiger partial charge is 0.0767 e. The molecule has 110 valence electrons. The van der Waals surface area contributed by atoms with E-state index in [-0.39, 0.29) is 12.0 Å². The van der Waals surface area contributed by atoms with Crippen molar-refractivity contribution >= 4 is 15.9 Å². The maximum absolute atomic E-state index is 9.03. The molecule has 0 radical (unpaired) electrons. The van der Waals surface area contributed by atoms with Gasteiger partial charge in [-0.1, -0.05) is 20.8 Å². The molecule has 0 unspecified atom stereocenters. The maximum atomic E-state index is 9.03. The largest absolute Gasteiger partial charge is 0.396 e. The van der Waals surface area contributed by atoms with Gasteiger partial charge in [0.15, 0.2) is 0 Å². The third-order valence-electron chi connectivity index (χ3n) is 3.38. The van der Waals surface area contributed by atoms with Crippen LogP contribution in [0.5, 0.6) is 0 Å². The molecule has 1 aromatic heterocycles. The van der Waals surface area contributed by atoms with Gasteiger partial charge in [0.25, 0.3) is 0 Å². The van der Waals surface area contributed by atoms with Crippen LogP contribution in [0.4, 0.5) is 0 Å². The first-order valence-corrected chi connectivity index (χ1v) is 7.80. The lowest BCUT2D eigenvalue weighted by molar-refractivity contribution is 0.206. The molecule has 0 saturated heterocycles. The molecule has 0 spiro atoms. The molecule has 0 aliphatic rings. The Morgan fingerprint density at radius 2 is 2.05 bits per heavy atom. The van der Waals surface area contributed by atoms with Crippen molar-refractivity contribution in [1.29, 1.82) is 0 Å². The fourth-order valence-electron chi connectivity index (χ4n) is 2.10. The molecule has 0 bridgehead atoms. The summed E-state index contributed by atoms with van der Waals surface area (Å²) < 4.78 is 3.18. The van der Waals surface area contributed by atoms with Crippen molar-refractivity contribution in [2.75, 3.05) is 13.2 Å². The topological polar surface area (TPSA) is 50.1 Å². The minimum absolute atomic E-state index is 0.117. The van der Waals surface area contributed by atoms with E-state index in [1.54, 1.807) is 0 Å². The van der Waals surface area contributed by atoms with Gasteiger partial charge in [-0.05, 0) is 41.1 Å². The fraction of sp³-hybridized carbons (Fsp3) is 0.786. The first-order valence-electron chi connectivity index (χ1n) is 7.00. The quantitative estimate of drug-likeness (QED) is 0.770. The van der Waals surface area contributed by atoms with Gasteiger partial charge in [0.2, 0.25) is 0 Å². The molecule has 1 heterocycles. The highest BCUT2D eigenvalue weighted by molar-refractivity contribution is 9.10. The third kappa shape index (κ3) is 4.58. The Morgan fingerprint density at radius 1 is 1.37 bits per heavy atom. The van der Waals surface area contributed by atoms with Crippen LogP contribution in [0.1, 0.15) is 45.5 Å². The van der Waals surface area contributed by atoms with Crippen LogP contribution < -0.4 is 5.32 Å². The third-order valence-corrected chi connectivity index (χ3v) is 4.29. The van der Waals surface area contributed by atoms with Crippen LogP contribution >= 0.6 is 15.9 Å². The zero-order chi connectivity index (χ0) is 14.5. The van der Waals surface area contributed by atoms with E-state index in [0.29, 0.717) is 0 Å². The van der Waals surface area contributed by atoms with Crippen molar-refractivity contribution in [1.82, 2.24) is 15.1 Å². The minimum Gasteiger partial charge on any atom is -0.396 e. The Labute approximate surface area is 124 Å². The van der Waals surface area contributed by atoms with Crippen LogP contribution in [0.3, 0.4) is 0 Å². The summed E-state index contributed by atoms with van der Waals surface area (Å²) in [7, 11) is 0. The van der Waals surface area contributed by atoms with E-state index in [4.69, 9.17) is 5.11 Å². The van der Waals surface area contributed by atoms with Gasteiger partial charge >= 0.3 is 0 Å². The van der Waals surface area contributed by atoms with Gasteiger partial charge in [0, 0.05) is 26.2 Å². The van der Waals surface area contributed by atoms with Gasteiger partial charge in [-0.15, -0.1) is 0 Å². The van der Waals surface area contributed by atoms with E-state index in [2.05, 4.69) is 58.7 Å². The molecule has 1 rings (SSSR count). The predicted molar refractivity (Wildman–Crippen MR) is 82.2 cm³/mol. The van der Waals surface area contributed by atoms with E-state index >= 15 is 0 Å². The molecule has 0 atom stereocenters. The summed E-state index contributed by atoms with van der Waals surface area (Å²) in [6.07, 6.45) is 1.75. The standard InChI is InChI=1S/C14H26BrN3O/c1-5-11-13(15)12(18(6-2)17-11)9-16-10-14(3,4)7-8-19/h16,19H,5-10H2,1-4H3. The number of hydrogen-bond acceptors (Lipinski definition) is 3. The summed E-state index contributed by atoms with van der Waals surface area (Å²) in [5.74, 6) is 0. The van der Waals surface area contributed by atoms with Crippen molar-refractivity contribution in [2.24, 2.45) is 5.41 Å². The van der Waals surface area contributed by atoms with Gasteiger partial charge in [0.05, 0.1) is 15.9 Å². The second kappa shape index (κ2) is 7.41. The van der Waals surface area contributed by atoms with Gasteiger partial charge in [-0.2, -0.15) is 5.10 Å². The summed E-state index contributed by atoms with van der Waals surface area (Å²) in [4.78, 5) is 0. The van der Waals surface area contributed by atoms with Crippen molar-refractivity contribution in [3.05, 3.63) is 15.9 Å². The van der Waals surface area contributed by atoms with Gasteiger partial charge in [0.1, 0.15) is 0 Å². The number of aromatic nitrogens is 2. The molecule has 5 heteroatoms. The van der Waals surface area contributed by atoms with Crippen molar-refractivity contribution in [3.63, 3.8) is 0 Å². The Kier molecular flexibility index (Phi) is 6.50. The Morgan fingerprint density at radius 3 is 2.58 bits per heavy atom. The number of nitrogens with one attached hydrogen (secondary N) is 1. The highest BCUT2D eigenvalue weighted by Gasteiger charge is 2.18. The normalized spacial score (nSPS) is 12.1. The maximum Gasteiger partial charge on any atom is 0.0767 e. The van der Waals surface area contributed by atoms with Crippen LogP contribution in [0, 0.1) is 5.41 Å². The number of aliphatic hydroxyl groups excluding tert-OH is 1. The number of halogens is 1. The molecule has 0 aliphatic carbocycles. The molecule has 2 N–H and O–H groups in total. The Balaban J connectivity index is 2.65. The average Bonchev–Trinajstić information content (AvgIpc) is 2.66. The van der Waals surface area contributed by atoms with Crippen molar-refractivity contribution < 1.29 is 5.11 Å². The molecule has 19 heavy (non-hydrogen) atoms. The minimum atomic E-state index is 0.117. The van der Waals surface area contributed by atoms with Gasteiger partial charge in [-0.25, -0.2) is 0 Å². The van der Waals surface area contributed by atoms with Crippen LogP contribution in [0.15, 0.2) is 4.47 Å². The number of rotatable bonds is 8. The Hall–Kier alpha value is -0.390. The molecule has 0 amide bonds. The monoisotopic (exact) mass is 331 g/mol. The van der Waals surface area contributed by atoms with Crippen molar-refractivity contribution in [2.45, 2.75) is 53.6 Å². The zero-order valence-corrected chi connectivity index (χ0v) is 14.0. The summed E-state index contributed by atoms with van der Waals surface area (Å²) in [5.41, 5.74) is 2.44. The highest BCUT2D eigenvalue weighted by Crippen LogP contribution is 2.23. The van der Waals surface area contributed by atoms with E-state index < -0.39 is 0 Å². The fourth-order valence-corrected chi connectivity index (χ4v) is 2.80. The number of aliphatic hydroxyl groups is 1. The predicted octanol–water partition coefficient (Wildman–Crippen LogP) is 2.73. The van der Waals surface area contributed by atoms with Crippen LogP contribution in [0.25, 0.3) is 0 Å². The lowest BCUT2D eigenvalue weighted by Gasteiger charge is -2.24. The molecular formula is C14H26BrN3O. The van der Waals surface area contributed by atoms with E-state index in [1.165, 1.54) is 5.69 Å². The van der Waals surface area contributed by atoms with Crippen LogP contribution in [0.2, 0.25) is 0 Å². The molecule has 0 aromatic carbocycles. The molecule has 0 saturated carbocycles. The highest BCUT2D eigenvalue weighted by atomic mass is 79.9. The van der Waals surface area contributed by atoms with Gasteiger partial charge < -0.3 is 10.4 Å². The van der Waals surface area contributed by atoms with Gasteiger partial charge in [-0.3, -0.25) is 4.68 Å². The Bertz CT molecular complexity index is 402. The summed E-state index contributed by atoms with van der Waals surface area (Å²) >= 11 is 3.65. The number of aryl methyl sites for hydroxylation is 2. The first-order chi connectivity index (χ1) is 8.95. The molecule has 0 fully saturated rings. The second-order valence-electron chi connectivity index (χ2n) is 5.62. The van der Waals surface area contributed by atoms with E-state index in [0.717, 1.165) is 42.6 Å². The summed E-state index contributed by atoms with van der Waals surface area (Å²) in [6.45, 7) is 11.4. The molecule has 1 aromatic rings. The average molecular weight is 332 g/mol. The summed E-state index contributed by atoms with van der Waals surface area (Å²) in [6, 6.07) is 0. The van der Waals surface area contributed by atoms with Crippen LogP contribution in [-0.2, 0) is 19.5 Å². The van der Waals surface area contributed by atoms with Crippen molar-refractivity contribution in [3.8, 4) is 0 Å². The lowest BCUT2D eigenvalue weighted by Crippen LogP contribution is -2.30. The SMILES string of the molecule is CCc1nn(CC)c(CNCC(C)(C)CCO)c1Br. The molecule has 0 aliphatic heterocycles. The zero-order valence-electron chi connectivity index (χ0n) is 12.5. The lowest BCUT2D eigenvalue weighted by atomic mass is 9.90. The molecule has 4 nitrogen and oxygen atoms in total.